The number of nitrogens with zero attached hydrogens (tertiary/aromatic N) is 2. The maximum absolute atomic E-state index is 13.4. The van der Waals surface area contributed by atoms with E-state index in [-0.39, 0.29) is 11.5 Å². The number of hydrogen-bond acceptors (Lipinski definition) is 5. The van der Waals surface area contributed by atoms with Crippen LogP contribution in [0.2, 0.25) is 0 Å². The molecule has 2 N–H and O–H groups in total. The first-order chi connectivity index (χ1) is 10.6. The predicted molar refractivity (Wildman–Crippen MR) is 75.7 cm³/mol. The SMILES string of the molecule is COc1ccnc(NNC(=O)/C=C/c2c(F)cccc2F)n1. The van der Waals surface area contributed by atoms with E-state index in [2.05, 4.69) is 20.8 Å². The quantitative estimate of drug-likeness (QED) is 0.652. The van der Waals surface area contributed by atoms with Crippen LogP contribution in [0.5, 0.6) is 5.88 Å². The maximum Gasteiger partial charge on any atom is 0.262 e. The van der Waals surface area contributed by atoms with Crippen LogP contribution in [0.1, 0.15) is 5.56 Å². The lowest BCUT2D eigenvalue weighted by Crippen LogP contribution is -2.28. The fourth-order valence-electron chi connectivity index (χ4n) is 1.50. The largest absolute Gasteiger partial charge is 0.481 e. The lowest BCUT2D eigenvalue weighted by molar-refractivity contribution is -0.116. The Kier molecular flexibility index (Phi) is 4.97. The molecular formula is C14H12F2N4O2. The van der Waals surface area contributed by atoms with Gasteiger partial charge in [0.1, 0.15) is 11.6 Å². The number of hydrogen-bond donors (Lipinski definition) is 2. The van der Waals surface area contributed by atoms with Gasteiger partial charge in [-0.25, -0.2) is 13.8 Å². The molecule has 0 radical (unpaired) electrons. The molecule has 0 saturated carbocycles. The number of methoxy groups -OCH3 is 1. The molecule has 0 saturated heterocycles. The van der Waals surface area contributed by atoms with Crippen molar-refractivity contribution in [2.24, 2.45) is 0 Å². The van der Waals surface area contributed by atoms with Crippen LogP contribution < -0.4 is 15.6 Å². The minimum atomic E-state index is -0.756. The number of hydrazine groups is 1. The number of anilines is 1. The number of rotatable bonds is 5. The first-order valence-electron chi connectivity index (χ1n) is 6.15. The van der Waals surface area contributed by atoms with E-state index < -0.39 is 17.5 Å². The highest BCUT2D eigenvalue weighted by atomic mass is 19.1. The van der Waals surface area contributed by atoms with Gasteiger partial charge >= 0.3 is 0 Å². The van der Waals surface area contributed by atoms with E-state index in [4.69, 9.17) is 4.74 Å². The second-order valence-corrected chi connectivity index (χ2v) is 4.01. The number of aromatic nitrogens is 2. The Morgan fingerprint density at radius 1 is 1.27 bits per heavy atom. The highest BCUT2D eigenvalue weighted by Crippen LogP contribution is 2.13. The highest BCUT2D eigenvalue weighted by molar-refractivity contribution is 5.92. The van der Waals surface area contributed by atoms with E-state index in [0.717, 1.165) is 24.3 Å². The van der Waals surface area contributed by atoms with Gasteiger partial charge in [-0.15, -0.1) is 0 Å². The zero-order valence-corrected chi connectivity index (χ0v) is 11.5. The predicted octanol–water partition coefficient (Wildman–Crippen LogP) is 1.92. The van der Waals surface area contributed by atoms with Gasteiger partial charge in [-0.1, -0.05) is 6.07 Å². The zero-order chi connectivity index (χ0) is 15.9. The fourth-order valence-corrected chi connectivity index (χ4v) is 1.50. The molecule has 1 heterocycles. The molecule has 0 spiro atoms. The van der Waals surface area contributed by atoms with Gasteiger partial charge in [-0.3, -0.25) is 15.6 Å². The average Bonchev–Trinajstić information content (AvgIpc) is 2.52. The average molecular weight is 306 g/mol. The molecule has 8 heteroatoms. The molecule has 1 amide bonds. The molecular weight excluding hydrogens is 294 g/mol. The molecule has 0 aliphatic carbocycles. The van der Waals surface area contributed by atoms with Crippen LogP contribution in [0.3, 0.4) is 0 Å². The van der Waals surface area contributed by atoms with E-state index in [1.165, 1.54) is 25.4 Å². The third-order valence-corrected chi connectivity index (χ3v) is 2.54. The molecule has 0 aliphatic heterocycles. The van der Waals surface area contributed by atoms with E-state index in [0.29, 0.717) is 5.88 Å². The monoisotopic (exact) mass is 306 g/mol. The number of amides is 1. The Balaban J connectivity index is 1.97. The molecule has 22 heavy (non-hydrogen) atoms. The molecule has 2 rings (SSSR count). The number of ether oxygens (including phenoxy) is 1. The molecule has 1 aromatic carbocycles. The van der Waals surface area contributed by atoms with Crippen molar-refractivity contribution in [3.8, 4) is 5.88 Å². The summed E-state index contributed by atoms with van der Waals surface area (Å²) in [5.74, 6) is -1.72. The van der Waals surface area contributed by atoms with Gasteiger partial charge in [0.25, 0.3) is 5.91 Å². The van der Waals surface area contributed by atoms with Crippen LogP contribution >= 0.6 is 0 Å². The van der Waals surface area contributed by atoms with Crippen molar-refractivity contribution in [2.45, 2.75) is 0 Å². The lowest BCUT2D eigenvalue weighted by Gasteiger charge is -2.05. The second-order valence-electron chi connectivity index (χ2n) is 4.01. The number of benzene rings is 1. The van der Waals surface area contributed by atoms with Gasteiger partial charge in [0.15, 0.2) is 0 Å². The Hall–Kier alpha value is -3.03. The summed E-state index contributed by atoms with van der Waals surface area (Å²) < 4.78 is 31.6. The van der Waals surface area contributed by atoms with Gasteiger partial charge in [0.05, 0.1) is 7.11 Å². The molecule has 0 aliphatic rings. The van der Waals surface area contributed by atoms with Crippen LogP contribution in [0.4, 0.5) is 14.7 Å². The van der Waals surface area contributed by atoms with E-state index in [1.807, 2.05) is 0 Å². The first-order valence-corrected chi connectivity index (χ1v) is 6.15. The smallest absolute Gasteiger partial charge is 0.262 e. The molecule has 6 nitrogen and oxygen atoms in total. The minimum Gasteiger partial charge on any atom is -0.481 e. The van der Waals surface area contributed by atoms with Crippen molar-refractivity contribution < 1.29 is 18.3 Å². The standard InChI is InChI=1S/C14H12F2N4O2/c1-22-13-7-8-17-14(18-13)20-19-12(21)6-5-9-10(15)3-2-4-11(9)16/h2-8H,1H3,(H,19,21)(H,17,18,20)/b6-5+. The molecule has 1 aromatic heterocycles. The zero-order valence-electron chi connectivity index (χ0n) is 11.5. The summed E-state index contributed by atoms with van der Waals surface area (Å²) in [6, 6.07) is 4.98. The summed E-state index contributed by atoms with van der Waals surface area (Å²) in [6.07, 6.45) is 3.45. The van der Waals surface area contributed by atoms with Crippen molar-refractivity contribution in [3.05, 3.63) is 53.7 Å². The Morgan fingerprint density at radius 2 is 2.00 bits per heavy atom. The Morgan fingerprint density at radius 3 is 2.68 bits per heavy atom. The summed E-state index contributed by atoms with van der Waals surface area (Å²) >= 11 is 0. The van der Waals surface area contributed by atoms with Crippen LogP contribution in [-0.4, -0.2) is 23.0 Å². The molecule has 114 valence electrons. The van der Waals surface area contributed by atoms with Crippen LogP contribution in [-0.2, 0) is 4.79 Å². The summed E-state index contributed by atoms with van der Waals surface area (Å²) in [7, 11) is 1.44. The molecule has 0 bridgehead atoms. The van der Waals surface area contributed by atoms with Gasteiger partial charge in [-0.05, 0) is 18.2 Å². The summed E-state index contributed by atoms with van der Waals surface area (Å²) in [5.41, 5.74) is 4.41. The molecule has 2 aromatic rings. The third kappa shape index (κ3) is 3.98. The van der Waals surface area contributed by atoms with E-state index in [1.54, 1.807) is 0 Å². The Labute approximate surface area is 124 Å². The number of carbonyl (C=O) groups excluding carboxylic acids is 1. The summed E-state index contributed by atoms with van der Waals surface area (Å²) in [6.45, 7) is 0. The van der Waals surface area contributed by atoms with E-state index >= 15 is 0 Å². The first kappa shape index (κ1) is 15.4. The van der Waals surface area contributed by atoms with Crippen molar-refractivity contribution in [1.29, 1.82) is 0 Å². The topological polar surface area (TPSA) is 76.1 Å². The van der Waals surface area contributed by atoms with Crippen LogP contribution in [0.15, 0.2) is 36.5 Å². The second kappa shape index (κ2) is 7.11. The van der Waals surface area contributed by atoms with Gasteiger partial charge in [0, 0.05) is 23.9 Å². The van der Waals surface area contributed by atoms with Crippen molar-refractivity contribution in [1.82, 2.24) is 15.4 Å². The summed E-state index contributed by atoms with van der Waals surface area (Å²) in [4.78, 5) is 19.3. The molecule has 0 fully saturated rings. The van der Waals surface area contributed by atoms with Crippen molar-refractivity contribution in [2.75, 3.05) is 12.5 Å². The van der Waals surface area contributed by atoms with Crippen molar-refractivity contribution >= 4 is 17.9 Å². The Bertz CT molecular complexity index is 687. The molecule has 0 atom stereocenters. The van der Waals surface area contributed by atoms with Gasteiger partial charge < -0.3 is 4.74 Å². The van der Waals surface area contributed by atoms with Crippen molar-refractivity contribution in [3.63, 3.8) is 0 Å². The maximum atomic E-state index is 13.4. The van der Waals surface area contributed by atoms with Gasteiger partial charge in [-0.2, -0.15) is 4.98 Å². The van der Waals surface area contributed by atoms with Crippen LogP contribution in [0, 0.1) is 11.6 Å². The fraction of sp³-hybridized carbons (Fsp3) is 0.0714. The van der Waals surface area contributed by atoms with Crippen LogP contribution in [0.25, 0.3) is 6.08 Å². The van der Waals surface area contributed by atoms with Gasteiger partial charge in [0.2, 0.25) is 11.8 Å². The number of carbonyl (C=O) groups is 1. The number of nitrogens with one attached hydrogen (secondary N) is 2. The summed E-state index contributed by atoms with van der Waals surface area (Å²) in [5, 5.41) is 0. The normalized spacial score (nSPS) is 10.5. The van der Waals surface area contributed by atoms with E-state index in [9.17, 15) is 13.6 Å². The minimum absolute atomic E-state index is 0.109. The number of halogens is 2. The highest BCUT2D eigenvalue weighted by Gasteiger charge is 2.05. The third-order valence-electron chi connectivity index (χ3n) is 2.54. The molecule has 0 unspecified atom stereocenters. The lowest BCUT2D eigenvalue weighted by atomic mass is 10.2.